The third-order valence-corrected chi connectivity index (χ3v) is 8.38. The minimum Gasteiger partial charge on any atom is -0.469 e. The lowest BCUT2D eigenvalue weighted by Crippen LogP contribution is -2.43. The van der Waals surface area contributed by atoms with Crippen LogP contribution in [0.25, 0.3) is 0 Å². The number of nitrogens with one attached hydrogen (secondary N) is 3. The van der Waals surface area contributed by atoms with Crippen LogP contribution in [0.3, 0.4) is 0 Å². The topological polar surface area (TPSA) is 217 Å². The molecule has 15 heteroatoms. The molecule has 4 atom stereocenters. The molecule has 3 amide bonds. The van der Waals surface area contributed by atoms with Crippen molar-refractivity contribution in [1.29, 1.82) is 0 Å². The number of hydroxylamine groups is 1. The molecule has 0 unspecified atom stereocenters. The van der Waals surface area contributed by atoms with Gasteiger partial charge in [-0.05, 0) is 12.8 Å². The molecular weight excluding hydrogens is 580 g/mol. The van der Waals surface area contributed by atoms with Gasteiger partial charge in [-0.25, -0.2) is 11.4 Å². The van der Waals surface area contributed by atoms with Gasteiger partial charge in [0.1, 0.15) is 0 Å². The molecule has 2 spiro atoms. The molecule has 4 fully saturated rings. The Bertz CT molecular complexity index is 838. The first-order chi connectivity index (χ1) is 21.2. The monoisotopic (exact) mass is 632 g/mol. The predicted octanol–water partition coefficient (Wildman–Crippen LogP) is 1.42. The average molecular weight is 633 g/mol. The van der Waals surface area contributed by atoms with Crippen molar-refractivity contribution < 1.29 is 53.3 Å². The summed E-state index contributed by atoms with van der Waals surface area (Å²) in [7, 11) is 1.36. The minimum absolute atomic E-state index is 0.0163. The van der Waals surface area contributed by atoms with Crippen molar-refractivity contribution in [2.24, 2.45) is 17.7 Å². The van der Waals surface area contributed by atoms with Crippen LogP contribution in [0.2, 0.25) is 0 Å². The van der Waals surface area contributed by atoms with Crippen LogP contribution >= 0.6 is 0 Å². The van der Waals surface area contributed by atoms with Crippen molar-refractivity contribution in [3.63, 3.8) is 0 Å². The zero-order valence-electron chi connectivity index (χ0n) is 26.3. The maximum absolute atomic E-state index is 12.0. The quantitative estimate of drug-likeness (QED) is 0.0779. The molecule has 2 aliphatic heterocycles. The number of methoxy groups -OCH3 is 1. The van der Waals surface area contributed by atoms with Gasteiger partial charge in [0, 0.05) is 50.6 Å². The molecular formula is C29H52N4O11. The van der Waals surface area contributed by atoms with Crippen molar-refractivity contribution in [2.45, 2.75) is 115 Å². The summed E-state index contributed by atoms with van der Waals surface area (Å²) in [4.78, 5) is 47.6. The third kappa shape index (κ3) is 10.9. The highest BCUT2D eigenvalue weighted by Gasteiger charge is 2.53. The molecule has 15 nitrogen and oxygen atoms in total. The van der Waals surface area contributed by atoms with Gasteiger partial charge in [-0.15, -0.1) is 0 Å². The summed E-state index contributed by atoms with van der Waals surface area (Å²) < 4.78 is 27.4. The summed E-state index contributed by atoms with van der Waals surface area (Å²) in [6, 6.07) is -0.644. The molecule has 7 N–H and O–H groups in total. The highest BCUT2D eigenvalue weighted by Crippen LogP contribution is 2.42. The zero-order chi connectivity index (χ0) is 32.6. The summed E-state index contributed by atoms with van der Waals surface area (Å²) in [6.07, 6.45) is 8.56. The number of hydrogen-bond acceptors (Lipinski definition) is 12. The number of hydrogen-bond donors (Lipinski definition) is 6. The third-order valence-electron chi connectivity index (χ3n) is 8.38. The lowest BCUT2D eigenvalue weighted by molar-refractivity contribution is -0.161. The van der Waals surface area contributed by atoms with Crippen LogP contribution in [0.1, 0.15) is 90.9 Å². The van der Waals surface area contributed by atoms with E-state index in [9.17, 15) is 19.2 Å². The van der Waals surface area contributed by atoms with E-state index in [4.69, 9.17) is 34.1 Å². The Hall–Kier alpha value is -2.40. The summed E-state index contributed by atoms with van der Waals surface area (Å²) in [5, 5.41) is 21.2. The van der Waals surface area contributed by atoms with Crippen molar-refractivity contribution in [2.75, 3.05) is 33.5 Å². The molecule has 4 rings (SSSR count). The van der Waals surface area contributed by atoms with Gasteiger partial charge in [-0.2, -0.15) is 0 Å². The fourth-order valence-electron chi connectivity index (χ4n) is 6.23. The lowest BCUT2D eigenvalue weighted by atomic mass is 10.0. The normalized spacial score (nSPS) is 25.9. The summed E-state index contributed by atoms with van der Waals surface area (Å²) in [5.41, 5.74) is 1.67. The van der Waals surface area contributed by atoms with E-state index < -0.39 is 29.3 Å². The molecule has 0 aromatic heterocycles. The Morgan fingerprint density at radius 2 is 1.14 bits per heavy atom. The Morgan fingerprint density at radius 3 is 1.52 bits per heavy atom. The summed E-state index contributed by atoms with van der Waals surface area (Å²) >= 11 is 0. The van der Waals surface area contributed by atoms with Gasteiger partial charge in [0.25, 0.3) is 0 Å². The number of rotatable bonds is 12. The van der Waals surface area contributed by atoms with Crippen molar-refractivity contribution in [1.82, 2.24) is 16.1 Å². The van der Waals surface area contributed by atoms with E-state index in [2.05, 4.69) is 30.4 Å². The van der Waals surface area contributed by atoms with Crippen LogP contribution in [0.15, 0.2) is 0 Å². The van der Waals surface area contributed by atoms with Gasteiger partial charge in [-0.3, -0.25) is 24.4 Å². The van der Waals surface area contributed by atoms with Gasteiger partial charge in [-0.1, -0.05) is 39.5 Å². The molecule has 0 aromatic rings. The molecule has 44 heavy (non-hydrogen) atoms. The molecule has 2 heterocycles. The van der Waals surface area contributed by atoms with Crippen LogP contribution in [0.5, 0.6) is 0 Å². The van der Waals surface area contributed by atoms with Crippen molar-refractivity contribution >= 4 is 23.7 Å². The van der Waals surface area contributed by atoms with E-state index in [1.807, 2.05) is 0 Å². The zero-order valence-corrected chi connectivity index (χ0v) is 26.3. The molecule has 2 saturated carbocycles. The van der Waals surface area contributed by atoms with Crippen LogP contribution in [0.4, 0.5) is 0 Å². The van der Waals surface area contributed by atoms with E-state index in [-0.39, 0.29) is 29.9 Å². The fraction of sp³-hybridized carbons (Fsp3) is 0.862. The van der Waals surface area contributed by atoms with E-state index in [0.717, 1.165) is 38.5 Å². The second-order valence-electron chi connectivity index (χ2n) is 11.5. The highest BCUT2D eigenvalue weighted by atomic mass is 16.7. The second kappa shape index (κ2) is 19.2. The van der Waals surface area contributed by atoms with E-state index >= 15 is 0 Å². The molecule has 0 bridgehead atoms. The number of carbonyl (C=O) groups is 4. The first kappa shape index (κ1) is 37.8. The van der Waals surface area contributed by atoms with Gasteiger partial charge < -0.3 is 39.5 Å². The van der Waals surface area contributed by atoms with E-state index in [1.54, 1.807) is 5.48 Å². The van der Waals surface area contributed by atoms with Gasteiger partial charge >= 0.3 is 5.97 Å². The minimum atomic E-state index is -0.793. The molecule has 0 aromatic carbocycles. The van der Waals surface area contributed by atoms with Gasteiger partial charge in [0.15, 0.2) is 11.6 Å². The van der Waals surface area contributed by atoms with Crippen LogP contribution in [0, 0.1) is 11.8 Å². The summed E-state index contributed by atoms with van der Waals surface area (Å²) in [6.45, 7) is 6.22. The van der Waals surface area contributed by atoms with Crippen molar-refractivity contribution in [3.05, 3.63) is 0 Å². The Kier molecular flexibility index (Phi) is 16.5. The second-order valence-corrected chi connectivity index (χ2v) is 11.5. The van der Waals surface area contributed by atoms with Crippen molar-refractivity contribution in [3.8, 4) is 0 Å². The number of ether oxygens (including phenoxy) is 5. The summed E-state index contributed by atoms with van der Waals surface area (Å²) in [5.74, 6) is 0.136. The van der Waals surface area contributed by atoms with Gasteiger partial charge in [0.2, 0.25) is 17.7 Å². The number of unbranched alkanes of at least 4 members (excludes halogenated alkanes) is 4. The Balaban J connectivity index is 0.000000291. The lowest BCUT2D eigenvalue weighted by Gasteiger charge is -2.21. The van der Waals surface area contributed by atoms with Crippen LogP contribution in [-0.2, 0) is 42.9 Å². The standard InChI is InChI=1S/C15H25NO5.C14H24N2O5.H3NO/c1-3-4-5-6-13(17)16-12-10-15(20-7-8-21-15)9-11(12)14(18)19-2;1-2-3-4-5-12(17)15-11-9-14(20-6-7-21-14)8-10(11)13(18)16-19;1-2/h11-12H,3-10H2,1-2H3,(H,16,17);10-11,19H,2-9H2,1H3,(H,15,17)(H,16,18);2H,1H2/t11-,12+;10-,11+;/m00./s1. The largest absolute Gasteiger partial charge is 0.469 e. The van der Waals surface area contributed by atoms with Crippen LogP contribution < -0.4 is 22.0 Å². The Labute approximate surface area is 259 Å². The van der Waals surface area contributed by atoms with E-state index in [0.29, 0.717) is 65.0 Å². The fourth-order valence-corrected chi connectivity index (χ4v) is 6.23. The molecule has 0 radical (unpaired) electrons. The Morgan fingerprint density at radius 1 is 0.727 bits per heavy atom. The highest BCUT2D eigenvalue weighted by molar-refractivity contribution is 5.81. The molecule has 254 valence electrons. The van der Waals surface area contributed by atoms with Gasteiger partial charge in [0.05, 0.1) is 45.4 Å². The molecule has 2 aliphatic carbocycles. The SMILES string of the molecule is CCCCCC(=O)N[C@@H]1CC2(C[C@@H]1C(=O)NO)OCCO2.CCCCCC(=O)N[C@@H]1CC2(C[C@@H]1C(=O)OC)OCCO2.NO. The number of carbonyl (C=O) groups excluding carboxylic acids is 4. The molecule has 2 saturated heterocycles. The average Bonchev–Trinajstić information content (AvgIpc) is 3.83. The number of esters is 1. The van der Waals surface area contributed by atoms with Crippen LogP contribution in [-0.4, -0.2) is 91.3 Å². The number of amides is 3. The molecule has 4 aliphatic rings. The number of nitrogens with two attached hydrogens (primary N) is 1. The maximum Gasteiger partial charge on any atom is 0.310 e. The van der Waals surface area contributed by atoms with E-state index in [1.165, 1.54) is 7.11 Å². The maximum atomic E-state index is 12.0. The first-order valence-corrected chi connectivity index (χ1v) is 15.6. The smallest absolute Gasteiger partial charge is 0.310 e. The predicted molar refractivity (Wildman–Crippen MR) is 155 cm³/mol. The first-order valence-electron chi connectivity index (χ1n) is 15.6.